The first-order valence-electron chi connectivity index (χ1n) is 18.9. The van der Waals surface area contributed by atoms with Gasteiger partial charge in [0.05, 0.1) is 0 Å². The van der Waals surface area contributed by atoms with Crippen LogP contribution in [0, 0.1) is 0 Å². The maximum Gasteiger partial charge on any atom is 0.164 e. The fourth-order valence-electron chi connectivity index (χ4n) is 8.49. The fourth-order valence-corrected chi connectivity index (χ4v) is 8.49. The van der Waals surface area contributed by atoms with Gasteiger partial charge in [-0.1, -0.05) is 170 Å². The van der Waals surface area contributed by atoms with Crippen LogP contribution in [0.2, 0.25) is 0 Å². The van der Waals surface area contributed by atoms with Gasteiger partial charge in [0.1, 0.15) is 0 Å². The first-order valence-corrected chi connectivity index (χ1v) is 18.9. The van der Waals surface area contributed by atoms with Crippen molar-refractivity contribution in [3.05, 3.63) is 194 Å². The molecule has 260 valence electrons. The molecule has 4 heteroatoms. The van der Waals surface area contributed by atoms with Crippen molar-refractivity contribution < 1.29 is 0 Å². The van der Waals surface area contributed by atoms with E-state index in [-0.39, 0.29) is 0 Å². The van der Waals surface area contributed by atoms with Crippen LogP contribution in [0.3, 0.4) is 0 Å². The number of nitrogens with zero attached hydrogens (tertiary/aromatic N) is 4. The van der Waals surface area contributed by atoms with Gasteiger partial charge in [-0.15, -0.1) is 0 Å². The molecule has 10 aromatic rings. The maximum absolute atomic E-state index is 5.22. The predicted octanol–water partition coefficient (Wildman–Crippen LogP) is 13.2. The number of fused-ring (bicyclic) bond motifs is 4. The first kappa shape index (κ1) is 31.9. The molecule has 56 heavy (non-hydrogen) atoms. The molecule has 0 saturated carbocycles. The van der Waals surface area contributed by atoms with E-state index in [4.69, 9.17) is 15.0 Å². The SMILES string of the molecule is c1ccc(-c2nc(-c3ccc(-c4cccnc4)cc3)nc(-c3ccc4c5c(cccc35)-c3c-4c(-c4ccccc4)c4ccccc4c3-c3ccccc3)n2)cc1. The second kappa shape index (κ2) is 13.1. The number of hydrogen-bond acceptors (Lipinski definition) is 4. The number of rotatable bonds is 6. The largest absolute Gasteiger partial charge is 0.264 e. The Balaban J connectivity index is 1.17. The highest BCUT2D eigenvalue weighted by Gasteiger charge is 2.31. The van der Waals surface area contributed by atoms with Gasteiger partial charge in [-0.2, -0.15) is 0 Å². The quantitative estimate of drug-likeness (QED) is 0.172. The van der Waals surface area contributed by atoms with E-state index in [2.05, 4.69) is 163 Å². The summed E-state index contributed by atoms with van der Waals surface area (Å²) in [5.74, 6) is 1.90. The molecule has 0 fully saturated rings. The summed E-state index contributed by atoms with van der Waals surface area (Å²) < 4.78 is 0. The third-order valence-corrected chi connectivity index (χ3v) is 11.0. The van der Waals surface area contributed by atoms with Crippen molar-refractivity contribution in [2.75, 3.05) is 0 Å². The molecule has 0 spiro atoms. The Morgan fingerprint density at radius 1 is 0.268 bits per heavy atom. The van der Waals surface area contributed by atoms with Gasteiger partial charge in [-0.3, -0.25) is 4.98 Å². The second-order valence-corrected chi connectivity index (χ2v) is 14.2. The van der Waals surface area contributed by atoms with Gasteiger partial charge in [0, 0.05) is 29.1 Å². The lowest BCUT2D eigenvalue weighted by Crippen LogP contribution is -2.00. The van der Waals surface area contributed by atoms with Crippen LogP contribution in [0.25, 0.3) is 111 Å². The minimum atomic E-state index is 0.627. The van der Waals surface area contributed by atoms with Gasteiger partial charge >= 0.3 is 0 Å². The monoisotopic (exact) mass is 712 g/mol. The summed E-state index contributed by atoms with van der Waals surface area (Å²) >= 11 is 0. The molecule has 0 unspecified atom stereocenters. The maximum atomic E-state index is 5.22. The van der Waals surface area contributed by atoms with Crippen LogP contribution in [0.1, 0.15) is 0 Å². The van der Waals surface area contributed by atoms with E-state index in [0.29, 0.717) is 17.5 Å². The van der Waals surface area contributed by atoms with Crippen LogP contribution in [0.15, 0.2) is 194 Å². The number of hydrogen-bond donors (Lipinski definition) is 0. The van der Waals surface area contributed by atoms with Gasteiger partial charge in [0.15, 0.2) is 17.5 Å². The Morgan fingerprint density at radius 3 is 1.32 bits per heavy atom. The standard InChI is InChI=1S/C52H32N4/c1-4-14-34(15-5-1)45-39-21-10-11-22-40(39)46(35-16-6-2-7-17-35)49-44-30-29-42(41-23-12-24-43(47(41)44)48(45)49)52-55-50(36-18-8-3-9-19-36)54-51(56-52)37-27-25-33(26-28-37)38-20-13-31-53-32-38/h1-32H. The van der Waals surface area contributed by atoms with Crippen molar-refractivity contribution >= 4 is 21.5 Å². The van der Waals surface area contributed by atoms with Crippen molar-refractivity contribution in [1.29, 1.82) is 0 Å². The summed E-state index contributed by atoms with van der Waals surface area (Å²) in [6.45, 7) is 0. The highest BCUT2D eigenvalue weighted by molar-refractivity contribution is 6.28. The van der Waals surface area contributed by atoms with E-state index in [1.165, 1.54) is 60.7 Å². The lowest BCUT2D eigenvalue weighted by molar-refractivity contribution is 1.08. The molecule has 1 aliphatic carbocycles. The topological polar surface area (TPSA) is 51.6 Å². The van der Waals surface area contributed by atoms with Crippen LogP contribution in [-0.2, 0) is 0 Å². The van der Waals surface area contributed by atoms with Crippen LogP contribution < -0.4 is 0 Å². The van der Waals surface area contributed by atoms with Crippen molar-refractivity contribution in [3.8, 4) is 89.8 Å². The van der Waals surface area contributed by atoms with E-state index in [9.17, 15) is 0 Å². The number of aromatic nitrogens is 4. The highest BCUT2D eigenvalue weighted by Crippen LogP contribution is 2.58. The van der Waals surface area contributed by atoms with Gasteiger partial charge in [-0.25, -0.2) is 15.0 Å². The van der Waals surface area contributed by atoms with Crippen molar-refractivity contribution in [1.82, 2.24) is 19.9 Å². The van der Waals surface area contributed by atoms with E-state index in [1.54, 1.807) is 6.20 Å². The smallest absolute Gasteiger partial charge is 0.164 e. The van der Waals surface area contributed by atoms with Crippen molar-refractivity contribution in [2.24, 2.45) is 0 Å². The lowest BCUT2D eigenvalue weighted by atomic mass is 9.82. The summed E-state index contributed by atoms with van der Waals surface area (Å²) in [6, 6.07) is 64.3. The van der Waals surface area contributed by atoms with Crippen LogP contribution >= 0.6 is 0 Å². The zero-order chi connectivity index (χ0) is 37.0. The Morgan fingerprint density at radius 2 is 0.732 bits per heavy atom. The van der Waals surface area contributed by atoms with Gasteiger partial charge < -0.3 is 0 Å². The second-order valence-electron chi connectivity index (χ2n) is 14.2. The summed E-state index contributed by atoms with van der Waals surface area (Å²) in [4.78, 5) is 19.8. The first-order chi connectivity index (χ1) is 27.8. The van der Waals surface area contributed by atoms with Gasteiger partial charge in [-0.05, 0) is 89.3 Å². The van der Waals surface area contributed by atoms with E-state index >= 15 is 0 Å². The number of benzene rings is 8. The minimum Gasteiger partial charge on any atom is -0.264 e. The highest BCUT2D eigenvalue weighted by atomic mass is 15.0. The minimum absolute atomic E-state index is 0.627. The Hall–Kier alpha value is -7.56. The number of pyridine rings is 1. The molecule has 0 atom stereocenters. The predicted molar refractivity (Wildman–Crippen MR) is 230 cm³/mol. The molecular weight excluding hydrogens is 681 g/mol. The summed E-state index contributed by atoms with van der Waals surface area (Å²) in [5, 5.41) is 4.81. The zero-order valence-corrected chi connectivity index (χ0v) is 30.3. The third-order valence-electron chi connectivity index (χ3n) is 11.0. The molecule has 2 aromatic heterocycles. The molecule has 2 heterocycles. The third kappa shape index (κ3) is 5.15. The summed E-state index contributed by atoms with van der Waals surface area (Å²) in [5.41, 5.74) is 14.9. The average molecular weight is 713 g/mol. The zero-order valence-electron chi connectivity index (χ0n) is 30.3. The summed E-state index contributed by atoms with van der Waals surface area (Å²) in [7, 11) is 0. The van der Waals surface area contributed by atoms with Gasteiger partial charge in [0.25, 0.3) is 0 Å². The fraction of sp³-hybridized carbons (Fsp3) is 0. The van der Waals surface area contributed by atoms with E-state index in [0.717, 1.165) is 33.2 Å². The molecule has 0 N–H and O–H groups in total. The van der Waals surface area contributed by atoms with Gasteiger partial charge in [0.2, 0.25) is 0 Å². The van der Waals surface area contributed by atoms with E-state index in [1.807, 2.05) is 30.5 Å². The van der Waals surface area contributed by atoms with Crippen molar-refractivity contribution in [2.45, 2.75) is 0 Å². The van der Waals surface area contributed by atoms with Crippen LogP contribution in [-0.4, -0.2) is 19.9 Å². The molecule has 0 amide bonds. The molecule has 0 aliphatic heterocycles. The molecule has 0 saturated heterocycles. The summed E-state index contributed by atoms with van der Waals surface area (Å²) in [6.07, 6.45) is 3.67. The molecule has 0 bridgehead atoms. The molecule has 4 nitrogen and oxygen atoms in total. The lowest BCUT2D eigenvalue weighted by Gasteiger charge is -2.20. The van der Waals surface area contributed by atoms with Crippen molar-refractivity contribution in [3.63, 3.8) is 0 Å². The average Bonchev–Trinajstić information content (AvgIpc) is 3.61. The van der Waals surface area contributed by atoms with E-state index < -0.39 is 0 Å². The molecule has 8 aromatic carbocycles. The Bertz CT molecular complexity index is 3000. The normalized spacial score (nSPS) is 11.6. The Kier molecular flexibility index (Phi) is 7.46. The Labute approximate surface area is 324 Å². The molecule has 11 rings (SSSR count). The molecule has 0 radical (unpaired) electrons. The molecule has 1 aliphatic rings. The van der Waals surface area contributed by atoms with Crippen LogP contribution in [0.4, 0.5) is 0 Å². The molecular formula is C52H32N4. The van der Waals surface area contributed by atoms with Crippen LogP contribution in [0.5, 0.6) is 0 Å².